The Labute approximate surface area is 185 Å². The summed E-state index contributed by atoms with van der Waals surface area (Å²) < 4.78 is 25.2. The topological polar surface area (TPSA) is 81.7 Å². The number of ether oxygens (including phenoxy) is 2. The van der Waals surface area contributed by atoms with Crippen molar-refractivity contribution in [2.24, 2.45) is 11.8 Å². The maximum Gasteiger partial charge on any atom is 0.336 e. The lowest BCUT2D eigenvalue weighted by Crippen LogP contribution is -2.43. The molecule has 0 bridgehead atoms. The largest absolute Gasteiger partial charge is 0.468 e. The normalized spacial score (nSPS) is 23.3. The third-order valence-electron chi connectivity index (χ3n) is 5.69. The standard InChI is InChI=1S/C23H25ClFNO5/c1-5-9-31-23(29)17-12(3)26-15-10-11(2)16(22(28)30-4)21(27)19(15)20(17)18-13(24)7-6-8-14(18)25/h6-8,11,16,20,26H,5,9-10H2,1-4H3/t11-,16+,20-/m1/s1. The number of hydrogen-bond acceptors (Lipinski definition) is 6. The predicted molar refractivity (Wildman–Crippen MR) is 113 cm³/mol. The third-order valence-corrected chi connectivity index (χ3v) is 6.02. The number of methoxy groups -OCH3 is 1. The van der Waals surface area contributed by atoms with Crippen LogP contribution in [0.15, 0.2) is 40.7 Å². The predicted octanol–water partition coefficient (Wildman–Crippen LogP) is 4.05. The van der Waals surface area contributed by atoms with Crippen molar-refractivity contribution in [3.8, 4) is 0 Å². The van der Waals surface area contributed by atoms with Crippen LogP contribution in [0.1, 0.15) is 45.1 Å². The second kappa shape index (κ2) is 9.22. The van der Waals surface area contributed by atoms with Gasteiger partial charge in [0.2, 0.25) is 0 Å². The molecule has 0 saturated heterocycles. The van der Waals surface area contributed by atoms with E-state index in [1.54, 1.807) is 13.8 Å². The van der Waals surface area contributed by atoms with Gasteiger partial charge in [-0.3, -0.25) is 9.59 Å². The number of esters is 2. The molecule has 2 aliphatic rings. The van der Waals surface area contributed by atoms with Gasteiger partial charge in [-0.25, -0.2) is 9.18 Å². The quantitative estimate of drug-likeness (QED) is 0.539. The molecule has 1 aromatic carbocycles. The molecule has 0 saturated carbocycles. The van der Waals surface area contributed by atoms with Crippen molar-refractivity contribution in [3.05, 3.63) is 57.1 Å². The zero-order valence-electron chi connectivity index (χ0n) is 17.9. The molecule has 3 atom stereocenters. The molecular formula is C23H25ClFNO5. The number of Topliss-reactive ketones (excluding diaryl/α,β-unsaturated/α-hetero) is 1. The Bertz CT molecular complexity index is 979. The van der Waals surface area contributed by atoms with E-state index in [0.29, 0.717) is 24.2 Å². The Morgan fingerprint density at radius 2 is 2.03 bits per heavy atom. The lowest BCUT2D eigenvalue weighted by atomic mass is 9.69. The van der Waals surface area contributed by atoms with Crippen molar-refractivity contribution in [2.45, 2.75) is 39.5 Å². The van der Waals surface area contributed by atoms with E-state index >= 15 is 4.39 Å². The van der Waals surface area contributed by atoms with Crippen LogP contribution >= 0.6 is 11.6 Å². The summed E-state index contributed by atoms with van der Waals surface area (Å²) in [7, 11) is 1.22. The van der Waals surface area contributed by atoms with Crippen LogP contribution in [0, 0.1) is 17.7 Å². The Hall–Kier alpha value is -2.67. The fraction of sp³-hybridized carbons (Fsp3) is 0.435. The van der Waals surface area contributed by atoms with Crippen LogP contribution in [0.2, 0.25) is 5.02 Å². The molecule has 166 valence electrons. The number of carbonyl (C=O) groups is 3. The first-order chi connectivity index (χ1) is 14.7. The van der Waals surface area contributed by atoms with Crippen molar-refractivity contribution >= 4 is 29.3 Å². The molecule has 1 aromatic rings. The van der Waals surface area contributed by atoms with Gasteiger partial charge < -0.3 is 14.8 Å². The lowest BCUT2D eigenvalue weighted by Gasteiger charge is -2.38. The summed E-state index contributed by atoms with van der Waals surface area (Å²) in [6.07, 6.45) is 0.962. The van der Waals surface area contributed by atoms with Gasteiger partial charge in [0.15, 0.2) is 5.78 Å². The fourth-order valence-electron chi connectivity index (χ4n) is 4.30. The van der Waals surface area contributed by atoms with Crippen molar-refractivity contribution in [1.29, 1.82) is 0 Å². The van der Waals surface area contributed by atoms with Gasteiger partial charge in [0.25, 0.3) is 0 Å². The van der Waals surface area contributed by atoms with Gasteiger partial charge in [-0.15, -0.1) is 0 Å². The molecule has 0 spiro atoms. The van der Waals surface area contributed by atoms with E-state index < -0.39 is 35.4 Å². The summed E-state index contributed by atoms with van der Waals surface area (Å²) in [5.74, 6) is -4.96. The first-order valence-corrected chi connectivity index (χ1v) is 10.5. The van der Waals surface area contributed by atoms with Gasteiger partial charge in [-0.1, -0.05) is 31.5 Å². The van der Waals surface area contributed by atoms with E-state index in [1.807, 2.05) is 6.92 Å². The maximum absolute atomic E-state index is 15.0. The van der Waals surface area contributed by atoms with Gasteiger partial charge in [-0.2, -0.15) is 0 Å². The second-order valence-electron chi connectivity index (χ2n) is 7.81. The highest BCUT2D eigenvalue weighted by Crippen LogP contribution is 2.47. The summed E-state index contributed by atoms with van der Waals surface area (Å²) >= 11 is 6.36. The average Bonchev–Trinajstić information content (AvgIpc) is 2.71. The number of nitrogens with one attached hydrogen (secondary N) is 1. The van der Waals surface area contributed by atoms with E-state index in [9.17, 15) is 14.4 Å². The molecule has 3 rings (SSSR count). The summed E-state index contributed by atoms with van der Waals surface area (Å²) in [4.78, 5) is 38.9. The number of benzene rings is 1. The molecule has 31 heavy (non-hydrogen) atoms. The molecule has 1 aliphatic carbocycles. The molecule has 1 heterocycles. The van der Waals surface area contributed by atoms with E-state index in [-0.39, 0.29) is 34.3 Å². The van der Waals surface area contributed by atoms with Gasteiger partial charge in [-0.05, 0) is 37.8 Å². The summed E-state index contributed by atoms with van der Waals surface area (Å²) in [6.45, 7) is 5.48. The molecule has 0 radical (unpaired) electrons. The maximum atomic E-state index is 15.0. The first-order valence-electron chi connectivity index (χ1n) is 10.2. The Kier molecular flexibility index (Phi) is 6.84. The monoisotopic (exact) mass is 449 g/mol. The highest BCUT2D eigenvalue weighted by Gasteiger charge is 2.48. The fourth-order valence-corrected chi connectivity index (χ4v) is 4.57. The van der Waals surface area contributed by atoms with Crippen LogP contribution in [-0.4, -0.2) is 31.4 Å². The molecule has 1 N–H and O–H groups in total. The second-order valence-corrected chi connectivity index (χ2v) is 8.21. The summed E-state index contributed by atoms with van der Waals surface area (Å²) in [5, 5.41) is 3.20. The number of ketones is 1. The third kappa shape index (κ3) is 4.11. The average molecular weight is 450 g/mol. The van der Waals surface area contributed by atoms with E-state index in [2.05, 4.69) is 5.32 Å². The molecule has 6 nitrogen and oxygen atoms in total. The van der Waals surface area contributed by atoms with Gasteiger partial charge in [0.05, 0.1) is 25.2 Å². The number of carbonyl (C=O) groups excluding carboxylic acids is 3. The number of rotatable bonds is 5. The van der Waals surface area contributed by atoms with Gasteiger partial charge in [0, 0.05) is 27.6 Å². The number of hydrogen-bond donors (Lipinski definition) is 1. The number of dihydropyridines is 1. The van der Waals surface area contributed by atoms with E-state index in [4.69, 9.17) is 21.1 Å². The molecule has 8 heteroatoms. The number of allylic oxidation sites excluding steroid dienone is 3. The van der Waals surface area contributed by atoms with E-state index in [0.717, 1.165) is 0 Å². The van der Waals surface area contributed by atoms with Gasteiger partial charge in [0.1, 0.15) is 11.7 Å². The minimum absolute atomic E-state index is 0.00693. The Morgan fingerprint density at radius 1 is 1.32 bits per heavy atom. The van der Waals surface area contributed by atoms with Crippen LogP contribution < -0.4 is 5.32 Å². The smallest absolute Gasteiger partial charge is 0.336 e. The summed E-state index contributed by atoms with van der Waals surface area (Å²) in [5.41, 5.74) is 1.26. The van der Waals surface area contributed by atoms with Crippen LogP contribution in [0.5, 0.6) is 0 Å². The van der Waals surface area contributed by atoms with Crippen molar-refractivity contribution in [3.63, 3.8) is 0 Å². The lowest BCUT2D eigenvalue weighted by molar-refractivity contribution is -0.151. The summed E-state index contributed by atoms with van der Waals surface area (Å²) in [6, 6.07) is 4.17. The first kappa shape index (κ1) is 23.0. The number of halogens is 2. The minimum Gasteiger partial charge on any atom is -0.468 e. The van der Waals surface area contributed by atoms with E-state index in [1.165, 1.54) is 25.3 Å². The molecule has 0 fully saturated rings. The van der Waals surface area contributed by atoms with Crippen LogP contribution in [-0.2, 0) is 23.9 Å². The molecule has 0 aromatic heterocycles. The van der Waals surface area contributed by atoms with Crippen molar-refractivity contribution in [1.82, 2.24) is 5.32 Å². The molecule has 0 amide bonds. The Morgan fingerprint density at radius 3 is 2.65 bits per heavy atom. The van der Waals surface area contributed by atoms with Crippen LogP contribution in [0.3, 0.4) is 0 Å². The van der Waals surface area contributed by atoms with Crippen LogP contribution in [0.4, 0.5) is 4.39 Å². The SMILES string of the molecule is CCCOC(=O)C1=C(C)NC2=C(C(=O)[C@@H](C(=O)OC)[C@H](C)C2)[C@H]1c1c(F)cccc1Cl. The molecule has 0 unspecified atom stereocenters. The highest BCUT2D eigenvalue weighted by molar-refractivity contribution is 6.31. The Balaban J connectivity index is 2.23. The minimum atomic E-state index is -1.10. The van der Waals surface area contributed by atoms with Crippen molar-refractivity contribution < 1.29 is 28.2 Å². The highest BCUT2D eigenvalue weighted by atomic mass is 35.5. The molecule has 1 aliphatic heterocycles. The zero-order chi connectivity index (χ0) is 22.9. The molecular weight excluding hydrogens is 425 g/mol. The van der Waals surface area contributed by atoms with Crippen LogP contribution in [0.25, 0.3) is 0 Å². The van der Waals surface area contributed by atoms with Crippen molar-refractivity contribution in [2.75, 3.05) is 13.7 Å². The van der Waals surface area contributed by atoms with Gasteiger partial charge >= 0.3 is 11.9 Å². The zero-order valence-corrected chi connectivity index (χ0v) is 18.6.